The van der Waals surface area contributed by atoms with Crippen molar-refractivity contribution in [2.75, 3.05) is 6.61 Å². The summed E-state index contributed by atoms with van der Waals surface area (Å²) in [6.07, 6.45) is 2.31. The Hall–Kier alpha value is -2.36. The van der Waals surface area contributed by atoms with Crippen LogP contribution in [0.2, 0.25) is 0 Å². The quantitative estimate of drug-likeness (QED) is 0.743. The molecule has 0 aliphatic heterocycles. The summed E-state index contributed by atoms with van der Waals surface area (Å²) >= 11 is 0. The molecular formula is C17H16N2O2. The number of benzene rings is 1. The standard InChI is InChI=1S/C17H16N2O2/c1-2-21-17(20)12-9-14(10-7-8-10)19-15-11-5-3-4-6-13(11)18-16(12)15/h3-6,9-10,18H,2,7-8H2,1H3. The van der Waals surface area contributed by atoms with Crippen LogP contribution in [0.25, 0.3) is 21.9 Å². The second kappa shape index (κ2) is 4.58. The van der Waals surface area contributed by atoms with Gasteiger partial charge < -0.3 is 9.72 Å². The van der Waals surface area contributed by atoms with E-state index in [-0.39, 0.29) is 5.97 Å². The fraction of sp³-hybridized carbons (Fsp3) is 0.294. The van der Waals surface area contributed by atoms with Crippen molar-refractivity contribution in [1.82, 2.24) is 9.97 Å². The van der Waals surface area contributed by atoms with Crippen LogP contribution in [0.1, 0.15) is 41.7 Å². The maximum absolute atomic E-state index is 12.3. The summed E-state index contributed by atoms with van der Waals surface area (Å²) in [6, 6.07) is 9.90. The number of ether oxygens (including phenoxy) is 1. The maximum Gasteiger partial charge on any atom is 0.340 e. The van der Waals surface area contributed by atoms with Gasteiger partial charge in [0.2, 0.25) is 0 Å². The molecule has 1 aliphatic rings. The highest BCUT2D eigenvalue weighted by Crippen LogP contribution is 2.41. The van der Waals surface area contributed by atoms with Gasteiger partial charge in [0.05, 0.1) is 23.2 Å². The Morgan fingerprint density at radius 1 is 1.38 bits per heavy atom. The van der Waals surface area contributed by atoms with Crippen LogP contribution in [0.3, 0.4) is 0 Å². The summed E-state index contributed by atoms with van der Waals surface area (Å²) in [4.78, 5) is 20.4. The van der Waals surface area contributed by atoms with Crippen LogP contribution in [0, 0.1) is 0 Å². The molecule has 1 aromatic carbocycles. The SMILES string of the molecule is CCOC(=O)c1cc(C2CC2)nc2c1[nH]c1ccccc12. The lowest BCUT2D eigenvalue weighted by atomic mass is 10.1. The zero-order chi connectivity index (χ0) is 14.4. The van der Waals surface area contributed by atoms with Gasteiger partial charge >= 0.3 is 5.97 Å². The molecule has 1 saturated carbocycles. The molecule has 0 radical (unpaired) electrons. The van der Waals surface area contributed by atoms with Crippen molar-refractivity contribution >= 4 is 27.9 Å². The smallest absolute Gasteiger partial charge is 0.340 e. The largest absolute Gasteiger partial charge is 0.462 e. The molecule has 0 bridgehead atoms. The minimum Gasteiger partial charge on any atom is -0.462 e. The van der Waals surface area contributed by atoms with Gasteiger partial charge in [-0.1, -0.05) is 18.2 Å². The molecule has 4 nitrogen and oxygen atoms in total. The van der Waals surface area contributed by atoms with Gasteiger partial charge in [-0.2, -0.15) is 0 Å². The number of esters is 1. The van der Waals surface area contributed by atoms with E-state index in [9.17, 15) is 4.79 Å². The van der Waals surface area contributed by atoms with E-state index in [0.29, 0.717) is 18.1 Å². The highest BCUT2D eigenvalue weighted by atomic mass is 16.5. The van der Waals surface area contributed by atoms with Crippen molar-refractivity contribution in [2.45, 2.75) is 25.7 Å². The highest BCUT2D eigenvalue weighted by molar-refractivity contribution is 6.12. The van der Waals surface area contributed by atoms with Crippen molar-refractivity contribution < 1.29 is 9.53 Å². The molecule has 1 fully saturated rings. The number of hydrogen-bond donors (Lipinski definition) is 1. The van der Waals surface area contributed by atoms with E-state index in [2.05, 4.69) is 4.98 Å². The number of para-hydroxylation sites is 1. The average Bonchev–Trinajstić information content (AvgIpc) is 3.28. The number of hydrogen-bond acceptors (Lipinski definition) is 3. The predicted octanol–water partition coefficient (Wildman–Crippen LogP) is 3.77. The maximum atomic E-state index is 12.3. The van der Waals surface area contributed by atoms with Crippen LogP contribution in [0.15, 0.2) is 30.3 Å². The number of nitrogens with zero attached hydrogens (tertiary/aromatic N) is 1. The average molecular weight is 280 g/mol. The third-order valence-corrected chi connectivity index (χ3v) is 3.97. The van der Waals surface area contributed by atoms with Crippen molar-refractivity contribution in [2.24, 2.45) is 0 Å². The zero-order valence-electron chi connectivity index (χ0n) is 11.8. The van der Waals surface area contributed by atoms with Crippen molar-refractivity contribution in [3.63, 3.8) is 0 Å². The Morgan fingerprint density at radius 3 is 2.95 bits per heavy atom. The number of H-pyrrole nitrogens is 1. The molecule has 21 heavy (non-hydrogen) atoms. The Morgan fingerprint density at radius 2 is 2.19 bits per heavy atom. The lowest BCUT2D eigenvalue weighted by Crippen LogP contribution is -2.07. The summed E-state index contributed by atoms with van der Waals surface area (Å²) in [6.45, 7) is 2.20. The van der Waals surface area contributed by atoms with Crippen molar-refractivity contribution in [3.8, 4) is 0 Å². The van der Waals surface area contributed by atoms with Crippen LogP contribution in [-0.2, 0) is 4.74 Å². The Balaban J connectivity index is 2.02. The molecule has 4 rings (SSSR count). The number of carbonyl (C=O) groups excluding carboxylic acids is 1. The summed E-state index contributed by atoms with van der Waals surface area (Å²) < 4.78 is 5.20. The first-order valence-electron chi connectivity index (χ1n) is 7.36. The molecule has 0 saturated heterocycles. The predicted molar refractivity (Wildman–Crippen MR) is 81.5 cm³/mol. The van der Waals surface area contributed by atoms with Gasteiger partial charge in [0.1, 0.15) is 0 Å². The molecule has 0 spiro atoms. The van der Waals surface area contributed by atoms with Crippen LogP contribution in [0.5, 0.6) is 0 Å². The first-order valence-corrected chi connectivity index (χ1v) is 7.36. The van der Waals surface area contributed by atoms with Crippen LogP contribution < -0.4 is 0 Å². The summed E-state index contributed by atoms with van der Waals surface area (Å²) in [5.74, 6) is 0.217. The van der Waals surface area contributed by atoms with E-state index >= 15 is 0 Å². The topological polar surface area (TPSA) is 55.0 Å². The summed E-state index contributed by atoms with van der Waals surface area (Å²) in [7, 11) is 0. The van der Waals surface area contributed by atoms with Gasteiger partial charge in [-0.3, -0.25) is 4.98 Å². The lowest BCUT2D eigenvalue weighted by molar-refractivity contribution is 0.0528. The molecule has 0 amide bonds. The van der Waals surface area contributed by atoms with Crippen molar-refractivity contribution in [1.29, 1.82) is 0 Å². The van der Waals surface area contributed by atoms with E-state index in [1.807, 2.05) is 37.3 Å². The van der Waals surface area contributed by atoms with E-state index in [1.54, 1.807) is 0 Å². The number of rotatable bonds is 3. The molecule has 4 heteroatoms. The van der Waals surface area contributed by atoms with Gasteiger partial charge in [-0.15, -0.1) is 0 Å². The molecule has 1 aliphatic carbocycles. The van der Waals surface area contributed by atoms with Gasteiger partial charge in [-0.05, 0) is 31.9 Å². The first kappa shape index (κ1) is 12.4. The van der Waals surface area contributed by atoms with Crippen molar-refractivity contribution in [3.05, 3.63) is 41.6 Å². The van der Waals surface area contributed by atoms with Gasteiger partial charge in [0, 0.05) is 22.5 Å². The molecule has 0 unspecified atom stereocenters. The first-order chi connectivity index (χ1) is 10.3. The number of pyridine rings is 1. The number of carbonyl (C=O) groups is 1. The fourth-order valence-electron chi connectivity index (χ4n) is 2.78. The monoisotopic (exact) mass is 280 g/mol. The zero-order valence-corrected chi connectivity index (χ0v) is 11.8. The molecular weight excluding hydrogens is 264 g/mol. The molecule has 2 heterocycles. The lowest BCUT2D eigenvalue weighted by Gasteiger charge is -2.06. The molecule has 0 atom stereocenters. The molecule has 2 aromatic heterocycles. The van der Waals surface area contributed by atoms with Gasteiger partial charge in [-0.25, -0.2) is 4.79 Å². The number of fused-ring (bicyclic) bond motifs is 3. The summed E-state index contributed by atoms with van der Waals surface area (Å²) in [5.41, 5.74) is 4.26. The van der Waals surface area contributed by atoms with Crippen LogP contribution in [0.4, 0.5) is 0 Å². The third-order valence-electron chi connectivity index (χ3n) is 3.97. The minimum absolute atomic E-state index is 0.279. The summed E-state index contributed by atoms with van der Waals surface area (Å²) in [5, 5.41) is 1.06. The number of aromatic nitrogens is 2. The van der Waals surface area contributed by atoms with E-state index in [4.69, 9.17) is 9.72 Å². The Kier molecular flexibility index (Phi) is 2.70. The normalized spacial score (nSPS) is 14.7. The second-order valence-corrected chi connectivity index (χ2v) is 5.48. The van der Waals surface area contributed by atoms with Gasteiger partial charge in [0.15, 0.2) is 0 Å². The van der Waals surface area contributed by atoms with E-state index < -0.39 is 0 Å². The number of aromatic amines is 1. The number of nitrogens with one attached hydrogen (secondary N) is 1. The minimum atomic E-state index is -0.279. The third kappa shape index (κ3) is 1.98. The highest BCUT2D eigenvalue weighted by Gasteiger charge is 2.28. The molecule has 3 aromatic rings. The fourth-order valence-corrected chi connectivity index (χ4v) is 2.78. The van der Waals surface area contributed by atoms with Crippen LogP contribution in [-0.4, -0.2) is 22.5 Å². The van der Waals surface area contributed by atoms with E-state index in [0.717, 1.165) is 40.5 Å². The van der Waals surface area contributed by atoms with E-state index in [1.165, 1.54) is 0 Å². The van der Waals surface area contributed by atoms with Crippen LogP contribution >= 0.6 is 0 Å². The Labute approximate surface area is 122 Å². The van der Waals surface area contributed by atoms with Gasteiger partial charge in [0.25, 0.3) is 0 Å². The second-order valence-electron chi connectivity index (χ2n) is 5.48. The molecule has 1 N–H and O–H groups in total. The Bertz CT molecular complexity index is 846. The molecule has 106 valence electrons.